The minimum absolute atomic E-state index is 0.0388. The summed E-state index contributed by atoms with van der Waals surface area (Å²) in [6, 6.07) is 19.0. The van der Waals surface area contributed by atoms with Gasteiger partial charge in [0.05, 0.1) is 28.4 Å². The number of carbonyl (C=O) groups is 1. The van der Waals surface area contributed by atoms with Gasteiger partial charge in [-0.25, -0.2) is 0 Å². The molecule has 0 aliphatic carbocycles. The summed E-state index contributed by atoms with van der Waals surface area (Å²) in [6.45, 7) is 0. The van der Waals surface area contributed by atoms with E-state index in [1.165, 1.54) is 0 Å². The van der Waals surface area contributed by atoms with Crippen molar-refractivity contribution in [1.82, 2.24) is 0 Å². The Morgan fingerprint density at radius 3 is 2.06 bits per heavy atom. The maximum Gasteiger partial charge on any atom is 0.203 e. The molecule has 0 unspecified atom stereocenters. The minimum atomic E-state index is -0.0388. The van der Waals surface area contributed by atoms with Crippen molar-refractivity contribution in [2.45, 2.75) is 6.42 Å². The van der Waals surface area contributed by atoms with Crippen LogP contribution >= 0.6 is 0 Å². The second-order valence-corrected chi connectivity index (χ2v) is 7.19. The molecule has 0 saturated carbocycles. The van der Waals surface area contributed by atoms with E-state index in [1.807, 2.05) is 48.6 Å². The quantitative estimate of drug-likeness (QED) is 0.222. The molecule has 0 saturated heterocycles. The van der Waals surface area contributed by atoms with Crippen LogP contribution in [0.5, 0.6) is 23.0 Å². The first-order valence-corrected chi connectivity index (χ1v) is 10.5. The van der Waals surface area contributed by atoms with E-state index < -0.39 is 0 Å². The maximum atomic E-state index is 12.4. The monoisotopic (exact) mass is 444 g/mol. The molecule has 170 valence electrons. The normalized spacial score (nSPS) is 11.0. The van der Waals surface area contributed by atoms with Crippen LogP contribution in [0.25, 0.3) is 12.2 Å². The molecule has 5 nitrogen and oxygen atoms in total. The van der Waals surface area contributed by atoms with Gasteiger partial charge < -0.3 is 18.9 Å². The van der Waals surface area contributed by atoms with Crippen molar-refractivity contribution in [2.24, 2.45) is 0 Å². The number of ether oxygens (including phenoxy) is 4. The van der Waals surface area contributed by atoms with Crippen molar-refractivity contribution in [3.63, 3.8) is 0 Å². The average Bonchev–Trinajstić information content (AvgIpc) is 2.87. The second-order valence-electron chi connectivity index (χ2n) is 7.19. The lowest BCUT2D eigenvalue weighted by atomic mass is 10.0. The van der Waals surface area contributed by atoms with Gasteiger partial charge in [-0.2, -0.15) is 0 Å². The molecule has 0 bridgehead atoms. The molecule has 3 aromatic carbocycles. The highest BCUT2D eigenvalue weighted by atomic mass is 16.5. The summed E-state index contributed by atoms with van der Waals surface area (Å²) < 4.78 is 21.4. The summed E-state index contributed by atoms with van der Waals surface area (Å²) >= 11 is 0. The zero-order valence-corrected chi connectivity index (χ0v) is 19.3. The van der Waals surface area contributed by atoms with E-state index in [0.29, 0.717) is 29.2 Å². The highest BCUT2D eigenvalue weighted by molar-refractivity contribution is 6.04. The van der Waals surface area contributed by atoms with Gasteiger partial charge in [0.1, 0.15) is 5.75 Å². The molecule has 0 aromatic heterocycles. The fourth-order valence-corrected chi connectivity index (χ4v) is 3.41. The van der Waals surface area contributed by atoms with Gasteiger partial charge in [-0.15, -0.1) is 0 Å². The van der Waals surface area contributed by atoms with Crippen LogP contribution in [0.1, 0.15) is 27.0 Å². The third kappa shape index (κ3) is 6.04. The van der Waals surface area contributed by atoms with Crippen LogP contribution in [-0.2, 0) is 6.42 Å². The zero-order valence-electron chi connectivity index (χ0n) is 19.3. The number of hydrogen-bond acceptors (Lipinski definition) is 5. The summed E-state index contributed by atoms with van der Waals surface area (Å²) in [4.78, 5) is 12.4. The van der Waals surface area contributed by atoms with Crippen LogP contribution in [0.4, 0.5) is 0 Å². The largest absolute Gasteiger partial charge is 0.497 e. The lowest BCUT2D eigenvalue weighted by molar-refractivity contribution is 0.104. The molecule has 0 aliphatic heterocycles. The van der Waals surface area contributed by atoms with E-state index in [2.05, 4.69) is 6.07 Å². The summed E-state index contributed by atoms with van der Waals surface area (Å²) in [5.41, 5.74) is 3.72. The van der Waals surface area contributed by atoms with Crippen LogP contribution < -0.4 is 18.9 Å². The smallest absolute Gasteiger partial charge is 0.203 e. The van der Waals surface area contributed by atoms with Gasteiger partial charge in [-0.3, -0.25) is 4.79 Å². The van der Waals surface area contributed by atoms with Crippen LogP contribution in [-0.4, -0.2) is 34.2 Å². The molecule has 0 fully saturated rings. The Morgan fingerprint density at radius 2 is 1.45 bits per heavy atom. The van der Waals surface area contributed by atoms with Crippen LogP contribution in [0.2, 0.25) is 0 Å². The van der Waals surface area contributed by atoms with Gasteiger partial charge in [0.25, 0.3) is 0 Å². The highest BCUT2D eigenvalue weighted by Gasteiger charge is 2.12. The fourth-order valence-electron chi connectivity index (χ4n) is 3.41. The topological polar surface area (TPSA) is 54.0 Å². The molecular weight excluding hydrogens is 416 g/mol. The number of allylic oxidation sites excluding steroid dienone is 2. The van der Waals surface area contributed by atoms with Crippen molar-refractivity contribution in [1.29, 1.82) is 0 Å². The van der Waals surface area contributed by atoms with Crippen LogP contribution in [0, 0.1) is 0 Å². The molecule has 0 N–H and O–H groups in total. The fraction of sp³-hybridized carbons (Fsp3) is 0.179. The van der Waals surface area contributed by atoms with E-state index in [4.69, 9.17) is 18.9 Å². The predicted molar refractivity (Wildman–Crippen MR) is 132 cm³/mol. The van der Waals surface area contributed by atoms with E-state index in [-0.39, 0.29) is 5.78 Å². The highest BCUT2D eigenvalue weighted by Crippen LogP contribution is 2.38. The number of hydrogen-bond donors (Lipinski definition) is 0. The van der Waals surface area contributed by atoms with Gasteiger partial charge in [-0.1, -0.05) is 42.5 Å². The first-order chi connectivity index (χ1) is 16.1. The lowest BCUT2D eigenvalue weighted by Gasteiger charge is -2.13. The van der Waals surface area contributed by atoms with Crippen LogP contribution in [0.15, 0.2) is 72.8 Å². The summed E-state index contributed by atoms with van der Waals surface area (Å²) in [7, 11) is 6.38. The van der Waals surface area contributed by atoms with Crippen LogP contribution in [0.3, 0.4) is 0 Å². The third-order valence-corrected chi connectivity index (χ3v) is 5.18. The van der Waals surface area contributed by atoms with E-state index in [1.54, 1.807) is 58.8 Å². The molecule has 0 amide bonds. The Labute approximate surface area is 194 Å². The van der Waals surface area contributed by atoms with Crippen molar-refractivity contribution < 1.29 is 23.7 Å². The third-order valence-electron chi connectivity index (χ3n) is 5.18. The molecule has 3 rings (SSSR count). The molecular formula is C28H28O5. The first-order valence-electron chi connectivity index (χ1n) is 10.5. The maximum absolute atomic E-state index is 12.4. The molecule has 0 spiro atoms. The summed E-state index contributed by atoms with van der Waals surface area (Å²) in [6.07, 6.45) is 8.17. The van der Waals surface area contributed by atoms with Crippen molar-refractivity contribution in [3.05, 3.63) is 95.1 Å². The van der Waals surface area contributed by atoms with Crippen molar-refractivity contribution in [3.8, 4) is 23.0 Å². The Hall–Kier alpha value is -3.99. The number of methoxy groups -OCH3 is 4. The summed E-state index contributed by atoms with van der Waals surface area (Å²) in [5.74, 6) is 2.45. The van der Waals surface area contributed by atoms with Gasteiger partial charge >= 0.3 is 0 Å². The predicted octanol–water partition coefficient (Wildman–Crippen LogP) is 5.87. The van der Waals surface area contributed by atoms with Crippen molar-refractivity contribution >= 4 is 17.9 Å². The van der Waals surface area contributed by atoms with E-state index in [9.17, 15) is 4.79 Å². The Kier molecular flexibility index (Phi) is 8.30. The molecule has 3 aromatic rings. The van der Waals surface area contributed by atoms with Gasteiger partial charge in [0.2, 0.25) is 5.75 Å². The second kappa shape index (κ2) is 11.6. The SMILES string of the molecule is COc1ccc(C(=O)/C=C\Cc2ccccc2/C=C\c2cc(OC)c(OC)c(OC)c2)cc1. The van der Waals surface area contributed by atoms with Gasteiger partial charge in [0, 0.05) is 5.56 Å². The van der Waals surface area contributed by atoms with Crippen molar-refractivity contribution in [2.75, 3.05) is 28.4 Å². The average molecular weight is 445 g/mol. The number of rotatable bonds is 10. The van der Waals surface area contributed by atoms with Gasteiger partial charge in [0.15, 0.2) is 17.3 Å². The first kappa shape index (κ1) is 23.7. The zero-order chi connectivity index (χ0) is 23.6. The summed E-state index contributed by atoms with van der Waals surface area (Å²) in [5, 5.41) is 0. The number of ketones is 1. The number of benzene rings is 3. The molecule has 0 radical (unpaired) electrons. The van der Waals surface area contributed by atoms with Gasteiger partial charge in [-0.05, 0) is 65.6 Å². The van der Waals surface area contributed by atoms with E-state index in [0.717, 1.165) is 22.4 Å². The minimum Gasteiger partial charge on any atom is -0.497 e. The molecule has 5 heteroatoms. The molecule has 33 heavy (non-hydrogen) atoms. The van der Waals surface area contributed by atoms with E-state index >= 15 is 0 Å². The molecule has 0 aliphatic rings. The number of carbonyl (C=O) groups excluding carboxylic acids is 1. The standard InChI is InChI=1S/C28H28O5/c1-30-24-16-14-23(15-17-24)25(29)11-7-10-21-8-5-6-9-22(21)13-12-20-18-26(31-2)28(33-4)27(19-20)32-3/h5-9,11-19H,10H2,1-4H3/b11-7-,13-12-. The lowest BCUT2D eigenvalue weighted by Crippen LogP contribution is -1.95. The molecule has 0 heterocycles. The molecule has 0 atom stereocenters. The Balaban J connectivity index is 1.76. The Bertz CT molecular complexity index is 1120. The Morgan fingerprint density at radius 1 is 0.788 bits per heavy atom.